The summed E-state index contributed by atoms with van der Waals surface area (Å²) >= 11 is 3.19. The van der Waals surface area contributed by atoms with E-state index in [1.807, 2.05) is 0 Å². The van der Waals surface area contributed by atoms with Crippen LogP contribution in [0.1, 0.15) is 17.5 Å². The lowest BCUT2D eigenvalue weighted by atomic mass is 9.97. The SMILES string of the molecule is O=C(O)/C(O)=C(/CCc1ccc(Br)cc1F)c1ccccc1. The number of hydrogen-bond acceptors (Lipinski definition) is 2. The van der Waals surface area contributed by atoms with E-state index in [1.54, 1.807) is 42.5 Å². The highest BCUT2D eigenvalue weighted by molar-refractivity contribution is 9.10. The second kappa shape index (κ2) is 7.22. The Morgan fingerprint density at radius 2 is 1.77 bits per heavy atom. The van der Waals surface area contributed by atoms with Gasteiger partial charge < -0.3 is 10.2 Å². The van der Waals surface area contributed by atoms with Crippen LogP contribution >= 0.6 is 15.9 Å². The number of aliphatic hydroxyl groups excluding tert-OH is 1. The maximum absolute atomic E-state index is 13.8. The number of rotatable bonds is 5. The summed E-state index contributed by atoms with van der Waals surface area (Å²) < 4.78 is 14.5. The maximum Gasteiger partial charge on any atom is 0.371 e. The molecule has 22 heavy (non-hydrogen) atoms. The van der Waals surface area contributed by atoms with E-state index in [1.165, 1.54) is 6.07 Å². The first-order valence-corrected chi connectivity index (χ1v) is 7.43. The third-order valence-electron chi connectivity index (χ3n) is 3.27. The minimum absolute atomic E-state index is 0.223. The van der Waals surface area contributed by atoms with Gasteiger partial charge in [-0.15, -0.1) is 0 Å². The third-order valence-corrected chi connectivity index (χ3v) is 3.76. The highest BCUT2D eigenvalue weighted by atomic mass is 79.9. The third kappa shape index (κ3) is 3.95. The number of allylic oxidation sites excluding steroid dienone is 1. The van der Waals surface area contributed by atoms with Gasteiger partial charge in [-0.2, -0.15) is 0 Å². The molecule has 0 aliphatic heterocycles. The van der Waals surface area contributed by atoms with Crippen LogP contribution in [-0.2, 0) is 11.2 Å². The molecule has 0 unspecified atom stereocenters. The van der Waals surface area contributed by atoms with Gasteiger partial charge in [0.05, 0.1) is 0 Å². The molecule has 0 aromatic heterocycles. The molecule has 0 aliphatic carbocycles. The van der Waals surface area contributed by atoms with Crippen LogP contribution in [0.5, 0.6) is 0 Å². The molecule has 0 spiro atoms. The van der Waals surface area contributed by atoms with Crippen LogP contribution in [0.2, 0.25) is 0 Å². The summed E-state index contributed by atoms with van der Waals surface area (Å²) in [7, 11) is 0. The fourth-order valence-corrected chi connectivity index (χ4v) is 2.49. The van der Waals surface area contributed by atoms with Crippen molar-refractivity contribution in [2.45, 2.75) is 12.8 Å². The average molecular weight is 365 g/mol. The molecule has 2 N–H and O–H groups in total. The molecule has 0 radical (unpaired) electrons. The Morgan fingerprint density at radius 3 is 2.36 bits per heavy atom. The van der Waals surface area contributed by atoms with E-state index in [0.29, 0.717) is 22.0 Å². The Morgan fingerprint density at radius 1 is 1.09 bits per heavy atom. The molecule has 0 saturated heterocycles. The molecular formula is C17H14BrFO3. The molecule has 0 fully saturated rings. The van der Waals surface area contributed by atoms with Gasteiger partial charge in [0.2, 0.25) is 5.76 Å². The largest absolute Gasteiger partial charge is 0.502 e. The Hall–Kier alpha value is -2.14. The molecule has 0 amide bonds. The quantitative estimate of drug-likeness (QED) is 0.603. The first-order chi connectivity index (χ1) is 10.5. The van der Waals surface area contributed by atoms with Crippen molar-refractivity contribution in [3.63, 3.8) is 0 Å². The van der Waals surface area contributed by atoms with Crippen molar-refractivity contribution >= 4 is 27.5 Å². The summed E-state index contributed by atoms with van der Waals surface area (Å²) in [5.41, 5.74) is 1.37. The average Bonchev–Trinajstić information content (AvgIpc) is 2.50. The second-order valence-corrected chi connectivity index (χ2v) is 5.65. The van der Waals surface area contributed by atoms with Crippen molar-refractivity contribution in [1.82, 2.24) is 0 Å². The van der Waals surface area contributed by atoms with Gasteiger partial charge in [-0.05, 0) is 36.1 Å². The van der Waals surface area contributed by atoms with E-state index in [2.05, 4.69) is 15.9 Å². The molecule has 0 atom stereocenters. The van der Waals surface area contributed by atoms with Crippen LogP contribution in [0, 0.1) is 5.82 Å². The van der Waals surface area contributed by atoms with Crippen LogP contribution < -0.4 is 0 Å². The molecule has 114 valence electrons. The number of aliphatic hydroxyl groups is 1. The summed E-state index contributed by atoms with van der Waals surface area (Å²) in [6, 6.07) is 13.5. The zero-order valence-corrected chi connectivity index (χ0v) is 13.2. The number of benzene rings is 2. The Balaban J connectivity index is 2.29. The molecule has 0 aliphatic rings. The van der Waals surface area contributed by atoms with Crippen molar-refractivity contribution in [2.75, 3.05) is 0 Å². The normalized spacial score (nSPS) is 11.9. The Labute approximate surface area is 135 Å². The summed E-state index contributed by atoms with van der Waals surface area (Å²) in [5.74, 6) is -2.46. The zero-order valence-electron chi connectivity index (χ0n) is 11.6. The minimum atomic E-state index is -1.39. The monoisotopic (exact) mass is 364 g/mol. The topological polar surface area (TPSA) is 57.5 Å². The standard InChI is InChI=1S/C17H14BrFO3/c18-13-8-6-12(15(19)10-13)7-9-14(16(20)17(21)22)11-4-2-1-3-5-11/h1-6,8,10,20H,7,9H2,(H,21,22)/b16-14+. The van der Waals surface area contributed by atoms with Crippen molar-refractivity contribution < 1.29 is 19.4 Å². The van der Waals surface area contributed by atoms with E-state index < -0.39 is 11.7 Å². The number of carboxylic acids is 1. The van der Waals surface area contributed by atoms with Gasteiger partial charge in [0.15, 0.2) is 0 Å². The van der Waals surface area contributed by atoms with Crippen molar-refractivity contribution in [2.24, 2.45) is 0 Å². The second-order valence-electron chi connectivity index (χ2n) is 4.73. The molecular weight excluding hydrogens is 351 g/mol. The van der Waals surface area contributed by atoms with E-state index in [0.717, 1.165) is 0 Å². The van der Waals surface area contributed by atoms with Crippen LogP contribution in [-0.4, -0.2) is 16.2 Å². The smallest absolute Gasteiger partial charge is 0.371 e. The lowest BCUT2D eigenvalue weighted by Crippen LogP contribution is -2.05. The van der Waals surface area contributed by atoms with Crippen LogP contribution in [0.15, 0.2) is 58.8 Å². The lowest BCUT2D eigenvalue weighted by Gasteiger charge is -2.10. The minimum Gasteiger partial charge on any atom is -0.502 e. The zero-order chi connectivity index (χ0) is 16.1. The Bertz CT molecular complexity index is 711. The molecule has 2 rings (SSSR count). The molecule has 0 bridgehead atoms. The van der Waals surface area contributed by atoms with Gasteiger partial charge in [0.25, 0.3) is 0 Å². The number of aryl methyl sites for hydroxylation is 1. The molecule has 2 aromatic carbocycles. The van der Waals surface area contributed by atoms with Gasteiger partial charge in [0.1, 0.15) is 5.82 Å². The van der Waals surface area contributed by atoms with Crippen LogP contribution in [0.3, 0.4) is 0 Å². The summed E-state index contributed by atoms with van der Waals surface area (Å²) in [6.07, 6.45) is 0.515. The van der Waals surface area contributed by atoms with Gasteiger partial charge in [-0.25, -0.2) is 9.18 Å². The van der Waals surface area contributed by atoms with Gasteiger partial charge >= 0.3 is 5.97 Å². The molecule has 0 heterocycles. The number of carbonyl (C=O) groups is 1. The first-order valence-electron chi connectivity index (χ1n) is 6.64. The molecule has 5 heteroatoms. The highest BCUT2D eigenvalue weighted by Crippen LogP contribution is 2.25. The van der Waals surface area contributed by atoms with E-state index >= 15 is 0 Å². The van der Waals surface area contributed by atoms with E-state index in [9.17, 15) is 14.3 Å². The van der Waals surface area contributed by atoms with Gasteiger partial charge in [0, 0.05) is 10.0 Å². The van der Waals surface area contributed by atoms with Gasteiger partial charge in [-0.1, -0.05) is 52.3 Å². The first kappa shape index (κ1) is 16.2. The number of hydrogen-bond donors (Lipinski definition) is 2. The fraction of sp³-hybridized carbons (Fsp3) is 0.118. The predicted molar refractivity (Wildman–Crippen MR) is 86.0 cm³/mol. The predicted octanol–water partition coefficient (Wildman–Crippen LogP) is 4.57. The molecule has 0 saturated carbocycles. The summed E-state index contributed by atoms with van der Waals surface area (Å²) in [6.45, 7) is 0. The van der Waals surface area contributed by atoms with Gasteiger partial charge in [-0.3, -0.25) is 0 Å². The highest BCUT2D eigenvalue weighted by Gasteiger charge is 2.15. The summed E-state index contributed by atoms with van der Waals surface area (Å²) in [4.78, 5) is 11.0. The van der Waals surface area contributed by atoms with Crippen LogP contribution in [0.4, 0.5) is 4.39 Å². The molecule has 3 nitrogen and oxygen atoms in total. The fourth-order valence-electron chi connectivity index (χ4n) is 2.15. The van der Waals surface area contributed by atoms with Crippen molar-refractivity contribution in [3.05, 3.63) is 75.7 Å². The Kier molecular flexibility index (Phi) is 5.33. The van der Waals surface area contributed by atoms with Crippen molar-refractivity contribution in [1.29, 1.82) is 0 Å². The summed E-state index contributed by atoms with van der Waals surface area (Å²) in [5, 5.41) is 18.8. The lowest BCUT2D eigenvalue weighted by molar-refractivity contribution is -0.135. The maximum atomic E-state index is 13.8. The number of aliphatic carboxylic acids is 1. The van der Waals surface area contributed by atoms with E-state index in [4.69, 9.17) is 5.11 Å². The van der Waals surface area contributed by atoms with E-state index in [-0.39, 0.29) is 17.8 Å². The van der Waals surface area contributed by atoms with Crippen molar-refractivity contribution in [3.8, 4) is 0 Å². The number of halogens is 2. The molecule has 2 aromatic rings. The van der Waals surface area contributed by atoms with Crippen LogP contribution in [0.25, 0.3) is 5.57 Å². The number of carboxylic acid groups (broad SMARTS) is 1.